The van der Waals surface area contributed by atoms with Crippen molar-refractivity contribution in [3.05, 3.63) is 251 Å². The number of hydrogen-bond acceptors (Lipinski definition) is 3. The number of para-hydroxylation sites is 2. The van der Waals surface area contributed by atoms with Gasteiger partial charge in [-0.15, -0.1) is 0 Å². The fourth-order valence-electron chi connectivity index (χ4n) is 11.9. The third-order valence-corrected chi connectivity index (χ3v) is 16.4. The molecule has 3 unspecified atom stereocenters. The number of rotatable bonds is 6. The maximum atomic E-state index is 2.55. The molecule has 2 nitrogen and oxygen atoms in total. The third-order valence-electron chi connectivity index (χ3n) is 15.2. The standard InChI is InChI=1S/C62H48N2S/c1-40-15-14-24-59-60(40)53-37-44(27-32-58(53)65-59)43-26-31-54-52(36-43)50-30-29-48(39-56(50)62(54,3)45-18-6-4-7-19-45)63(47-28-25-41-16-10-11-17-42(41)35-47)49-33-34-61(2)55(38-49)51-22-12-13-23-57(51)64(61)46-20-8-5-9-21-46/h4-33,35-40,60H,34H2,1-3H3/t40?,60?,61?,62-/m0/s1. The van der Waals surface area contributed by atoms with E-state index in [1.54, 1.807) is 0 Å². The quantitative estimate of drug-likeness (QED) is 0.165. The van der Waals surface area contributed by atoms with Gasteiger partial charge in [0, 0.05) is 50.2 Å². The molecule has 0 spiro atoms. The largest absolute Gasteiger partial charge is 0.331 e. The molecular formula is C62H48N2S. The van der Waals surface area contributed by atoms with E-state index >= 15 is 0 Å². The van der Waals surface area contributed by atoms with Crippen molar-refractivity contribution in [2.24, 2.45) is 5.92 Å². The average Bonchev–Trinajstić information content (AvgIpc) is 3.95. The average molecular weight is 853 g/mol. The number of fused-ring (bicyclic) bond motifs is 10. The molecule has 8 aromatic carbocycles. The van der Waals surface area contributed by atoms with Crippen molar-refractivity contribution >= 4 is 50.9 Å². The van der Waals surface area contributed by atoms with Crippen LogP contribution in [0.3, 0.4) is 0 Å². The SMILES string of the molecule is CC1C=CC=C2Sc3ccc(-c4ccc5c(c4)-c4ccc(N(C6=CCC7(C)C(=C6)c6ccccc6N7c6ccccc6)c6ccc7ccccc7c6)cc4[C@@]5(C)c4ccccc4)cc3C21. The van der Waals surface area contributed by atoms with Crippen molar-refractivity contribution in [3.63, 3.8) is 0 Å². The molecule has 0 bridgehead atoms. The molecule has 13 rings (SSSR count). The molecule has 3 aliphatic carbocycles. The number of nitrogens with zero attached hydrogens (tertiary/aromatic N) is 2. The highest BCUT2D eigenvalue weighted by molar-refractivity contribution is 8.03. The Bertz CT molecular complexity index is 3390. The molecule has 0 amide bonds. The monoisotopic (exact) mass is 852 g/mol. The van der Waals surface area contributed by atoms with Gasteiger partial charge in [-0.25, -0.2) is 0 Å². The number of hydrogen-bond donors (Lipinski definition) is 0. The molecule has 0 N–H and O–H groups in total. The summed E-state index contributed by atoms with van der Waals surface area (Å²) in [5.74, 6) is 0.930. The van der Waals surface area contributed by atoms with Gasteiger partial charge in [0.2, 0.25) is 0 Å². The summed E-state index contributed by atoms with van der Waals surface area (Å²) in [6.07, 6.45) is 12.7. The van der Waals surface area contributed by atoms with Gasteiger partial charge in [-0.1, -0.05) is 164 Å². The molecule has 8 aromatic rings. The van der Waals surface area contributed by atoms with Crippen molar-refractivity contribution < 1.29 is 0 Å². The van der Waals surface area contributed by atoms with Crippen LogP contribution < -0.4 is 9.80 Å². The van der Waals surface area contributed by atoms with Crippen LogP contribution in [0.15, 0.2) is 228 Å². The van der Waals surface area contributed by atoms with Gasteiger partial charge < -0.3 is 9.80 Å². The van der Waals surface area contributed by atoms with Gasteiger partial charge in [0.1, 0.15) is 0 Å². The van der Waals surface area contributed by atoms with Gasteiger partial charge in [-0.05, 0) is 159 Å². The molecule has 5 aliphatic rings. The lowest BCUT2D eigenvalue weighted by Gasteiger charge is -2.41. The van der Waals surface area contributed by atoms with Crippen LogP contribution >= 0.6 is 11.8 Å². The second-order valence-corrected chi connectivity index (χ2v) is 20.0. The maximum absolute atomic E-state index is 2.55. The zero-order valence-electron chi connectivity index (χ0n) is 36.9. The number of anilines is 4. The van der Waals surface area contributed by atoms with Crippen molar-refractivity contribution in [1.29, 1.82) is 0 Å². The van der Waals surface area contributed by atoms with Crippen molar-refractivity contribution in [1.82, 2.24) is 0 Å². The Kier molecular flexibility index (Phi) is 8.55. The molecule has 0 radical (unpaired) electrons. The van der Waals surface area contributed by atoms with E-state index in [9.17, 15) is 0 Å². The first-order valence-electron chi connectivity index (χ1n) is 23.1. The first kappa shape index (κ1) is 38.4. The van der Waals surface area contributed by atoms with E-state index in [-0.39, 0.29) is 11.0 Å². The topological polar surface area (TPSA) is 6.48 Å². The Balaban J connectivity index is 0.970. The summed E-state index contributed by atoms with van der Waals surface area (Å²) in [6.45, 7) is 7.21. The Morgan fingerprint density at radius 1 is 0.615 bits per heavy atom. The van der Waals surface area contributed by atoms with E-state index in [1.165, 1.54) is 93.3 Å². The van der Waals surface area contributed by atoms with Crippen molar-refractivity contribution in [2.75, 3.05) is 9.80 Å². The summed E-state index contributed by atoms with van der Waals surface area (Å²) in [4.78, 5) is 7.93. The second-order valence-electron chi connectivity index (χ2n) is 18.8. The first-order chi connectivity index (χ1) is 31.9. The van der Waals surface area contributed by atoms with Crippen LogP contribution in [0.5, 0.6) is 0 Å². The van der Waals surface area contributed by atoms with Crippen LogP contribution in [-0.4, -0.2) is 5.54 Å². The zero-order valence-corrected chi connectivity index (χ0v) is 37.7. The molecule has 2 heterocycles. The molecule has 0 aromatic heterocycles. The fraction of sp³-hybridized carbons (Fsp3) is 0.129. The van der Waals surface area contributed by atoms with Gasteiger partial charge in [-0.2, -0.15) is 0 Å². The maximum Gasteiger partial charge on any atom is 0.0717 e. The number of thioether (sulfide) groups is 1. The van der Waals surface area contributed by atoms with Crippen LogP contribution in [0, 0.1) is 5.92 Å². The molecule has 0 fully saturated rings. The van der Waals surface area contributed by atoms with Crippen LogP contribution in [0.2, 0.25) is 0 Å². The minimum Gasteiger partial charge on any atom is -0.331 e. The smallest absolute Gasteiger partial charge is 0.0717 e. The first-order valence-corrected chi connectivity index (χ1v) is 23.9. The lowest BCUT2D eigenvalue weighted by molar-refractivity contribution is 0.603. The summed E-state index contributed by atoms with van der Waals surface area (Å²) in [5, 5.41) is 2.47. The lowest BCUT2D eigenvalue weighted by atomic mass is 9.74. The van der Waals surface area contributed by atoms with Gasteiger partial charge in [0.25, 0.3) is 0 Å². The van der Waals surface area contributed by atoms with Gasteiger partial charge >= 0.3 is 0 Å². The van der Waals surface area contributed by atoms with E-state index in [0.717, 1.165) is 17.8 Å². The van der Waals surface area contributed by atoms with Crippen LogP contribution in [0.4, 0.5) is 22.7 Å². The van der Waals surface area contributed by atoms with Crippen LogP contribution in [-0.2, 0) is 5.41 Å². The van der Waals surface area contributed by atoms with Crippen molar-refractivity contribution in [2.45, 2.75) is 49.0 Å². The van der Waals surface area contributed by atoms with Crippen molar-refractivity contribution in [3.8, 4) is 22.3 Å². The lowest BCUT2D eigenvalue weighted by Crippen LogP contribution is -2.41. The third kappa shape index (κ3) is 5.74. The molecule has 0 saturated carbocycles. The molecule has 2 aliphatic heterocycles. The minimum absolute atomic E-state index is 0.241. The van der Waals surface area contributed by atoms with Gasteiger partial charge in [0.15, 0.2) is 0 Å². The Morgan fingerprint density at radius 2 is 1.34 bits per heavy atom. The predicted octanol–water partition coefficient (Wildman–Crippen LogP) is 16.5. The number of allylic oxidation sites excluding steroid dienone is 5. The zero-order chi connectivity index (χ0) is 43.4. The number of benzene rings is 8. The minimum atomic E-state index is -0.369. The molecule has 3 heteroatoms. The highest BCUT2D eigenvalue weighted by Crippen LogP contribution is 2.58. The predicted molar refractivity (Wildman–Crippen MR) is 274 cm³/mol. The van der Waals surface area contributed by atoms with Gasteiger partial charge in [-0.3, -0.25) is 0 Å². The summed E-state index contributed by atoms with van der Waals surface area (Å²) in [5.41, 5.74) is 18.6. The molecule has 4 atom stereocenters. The van der Waals surface area contributed by atoms with E-state index in [4.69, 9.17) is 0 Å². The highest BCUT2D eigenvalue weighted by atomic mass is 32.2. The van der Waals surface area contributed by atoms with Gasteiger partial charge in [0.05, 0.1) is 5.54 Å². The summed E-state index contributed by atoms with van der Waals surface area (Å²) >= 11 is 1.95. The van der Waals surface area contributed by atoms with E-state index in [2.05, 4.69) is 243 Å². The summed E-state index contributed by atoms with van der Waals surface area (Å²) in [6, 6.07) is 68.4. The molecular weight excluding hydrogens is 805 g/mol. The Labute approximate surface area is 386 Å². The highest BCUT2D eigenvalue weighted by Gasteiger charge is 2.47. The summed E-state index contributed by atoms with van der Waals surface area (Å²) in [7, 11) is 0. The van der Waals surface area contributed by atoms with Crippen LogP contribution in [0.1, 0.15) is 60.9 Å². The van der Waals surface area contributed by atoms with E-state index in [1.807, 2.05) is 11.8 Å². The Morgan fingerprint density at radius 3 is 2.20 bits per heavy atom. The molecule has 0 saturated heterocycles. The Hall–Kier alpha value is -7.07. The van der Waals surface area contributed by atoms with Crippen LogP contribution in [0.25, 0.3) is 38.6 Å². The summed E-state index contributed by atoms with van der Waals surface area (Å²) < 4.78 is 0. The fourth-order valence-corrected chi connectivity index (χ4v) is 13.2. The molecule has 312 valence electrons. The van der Waals surface area contributed by atoms with E-state index < -0.39 is 0 Å². The molecule has 65 heavy (non-hydrogen) atoms. The second kappa shape index (κ2) is 14.5. The normalized spacial score (nSPS) is 22.0. The van der Waals surface area contributed by atoms with E-state index in [0.29, 0.717) is 11.8 Å².